The highest BCUT2D eigenvalue weighted by molar-refractivity contribution is 7.99. The van der Waals surface area contributed by atoms with Crippen molar-refractivity contribution < 1.29 is 0 Å². The lowest BCUT2D eigenvalue weighted by atomic mass is 9.97. The second kappa shape index (κ2) is 3.95. The molecule has 0 spiro atoms. The Labute approximate surface area is 90.1 Å². The van der Waals surface area contributed by atoms with Gasteiger partial charge in [-0.3, -0.25) is 0 Å². The molecule has 1 unspecified atom stereocenters. The number of benzene rings is 1. The Morgan fingerprint density at radius 1 is 1.43 bits per heavy atom. The van der Waals surface area contributed by atoms with E-state index in [0.29, 0.717) is 5.25 Å². The molecule has 2 N–H and O–H groups in total. The van der Waals surface area contributed by atoms with Crippen LogP contribution in [-0.4, -0.2) is 5.25 Å². The number of nitrogens with two attached hydrogens (primary N) is 1. The van der Waals surface area contributed by atoms with Gasteiger partial charge in [-0.05, 0) is 24.5 Å². The van der Waals surface area contributed by atoms with Gasteiger partial charge in [-0.2, -0.15) is 11.8 Å². The maximum atomic E-state index is 6.19. The summed E-state index contributed by atoms with van der Waals surface area (Å²) in [5.41, 5.74) is 10.3. The van der Waals surface area contributed by atoms with Crippen molar-refractivity contribution in [3.63, 3.8) is 0 Å². The highest BCUT2D eigenvalue weighted by Crippen LogP contribution is 2.33. The first kappa shape index (κ1) is 10.1. The topological polar surface area (TPSA) is 26.0 Å². The van der Waals surface area contributed by atoms with Gasteiger partial charge in [0.1, 0.15) is 0 Å². The number of hydrogen-bond donors (Lipinski definition) is 1. The van der Waals surface area contributed by atoms with Crippen LogP contribution in [0.25, 0.3) is 0 Å². The number of rotatable bonds is 0. The molecule has 1 aliphatic heterocycles. The van der Waals surface area contributed by atoms with Crippen LogP contribution in [0.2, 0.25) is 0 Å². The Balaban J connectivity index is 2.39. The Kier molecular flexibility index (Phi) is 2.84. The van der Waals surface area contributed by atoms with Gasteiger partial charge < -0.3 is 5.73 Å². The molecule has 14 heavy (non-hydrogen) atoms. The van der Waals surface area contributed by atoms with Crippen LogP contribution in [-0.2, 0) is 5.75 Å². The largest absolute Gasteiger partial charge is 0.324 e. The molecule has 1 aromatic carbocycles. The predicted molar refractivity (Wildman–Crippen MR) is 63.5 cm³/mol. The average molecular weight is 207 g/mol. The van der Waals surface area contributed by atoms with Crippen LogP contribution in [0.3, 0.4) is 0 Å². The molecule has 2 heteroatoms. The maximum Gasteiger partial charge on any atom is 0.0308 e. The predicted octanol–water partition coefficient (Wildman–Crippen LogP) is 3.02. The summed E-state index contributed by atoms with van der Waals surface area (Å²) >= 11 is 2.01. The molecule has 76 valence electrons. The van der Waals surface area contributed by atoms with Crippen molar-refractivity contribution in [2.24, 2.45) is 5.73 Å². The van der Waals surface area contributed by atoms with Crippen molar-refractivity contribution in [1.82, 2.24) is 0 Å². The first-order valence-corrected chi connectivity index (χ1v) is 6.18. The normalized spacial score (nSPS) is 26.8. The number of thioether (sulfide) groups is 1. The fraction of sp³-hybridized carbons (Fsp3) is 0.500. The summed E-state index contributed by atoms with van der Waals surface area (Å²) in [6.07, 6.45) is 1.10. The second-order valence-electron chi connectivity index (χ2n) is 4.17. The van der Waals surface area contributed by atoms with E-state index in [1.807, 2.05) is 11.8 Å². The number of aryl methyl sites for hydroxylation is 1. The summed E-state index contributed by atoms with van der Waals surface area (Å²) in [7, 11) is 0. The monoisotopic (exact) mass is 207 g/mol. The minimum absolute atomic E-state index is 0.231. The number of fused-ring (bicyclic) bond motifs is 1. The van der Waals surface area contributed by atoms with Crippen molar-refractivity contribution in [3.05, 3.63) is 34.9 Å². The molecule has 1 aliphatic rings. The van der Waals surface area contributed by atoms with Crippen LogP contribution in [0, 0.1) is 6.92 Å². The highest BCUT2D eigenvalue weighted by atomic mass is 32.2. The van der Waals surface area contributed by atoms with Gasteiger partial charge in [-0.1, -0.05) is 30.7 Å². The summed E-state index contributed by atoms with van der Waals surface area (Å²) < 4.78 is 0. The van der Waals surface area contributed by atoms with E-state index in [4.69, 9.17) is 5.73 Å². The zero-order valence-corrected chi connectivity index (χ0v) is 9.60. The molecule has 0 radical (unpaired) electrons. The SMILES string of the molecule is Cc1ccc2c(c1)[C@H](N)CC(C)SC2. The summed E-state index contributed by atoms with van der Waals surface area (Å²) in [4.78, 5) is 0. The van der Waals surface area contributed by atoms with E-state index in [2.05, 4.69) is 32.0 Å². The van der Waals surface area contributed by atoms with Crippen molar-refractivity contribution in [2.45, 2.75) is 37.3 Å². The Morgan fingerprint density at radius 3 is 3.00 bits per heavy atom. The van der Waals surface area contributed by atoms with E-state index in [9.17, 15) is 0 Å². The lowest BCUT2D eigenvalue weighted by Gasteiger charge is -2.14. The minimum atomic E-state index is 0.231. The van der Waals surface area contributed by atoms with Crippen molar-refractivity contribution in [3.8, 4) is 0 Å². The fourth-order valence-corrected chi connectivity index (χ4v) is 3.05. The van der Waals surface area contributed by atoms with E-state index in [1.165, 1.54) is 16.7 Å². The molecule has 0 aliphatic carbocycles. The molecule has 2 rings (SSSR count). The molecular weight excluding hydrogens is 190 g/mol. The van der Waals surface area contributed by atoms with Gasteiger partial charge in [0.2, 0.25) is 0 Å². The second-order valence-corrected chi connectivity index (χ2v) is 5.59. The van der Waals surface area contributed by atoms with Gasteiger partial charge in [0.05, 0.1) is 0 Å². The highest BCUT2D eigenvalue weighted by Gasteiger charge is 2.19. The fourth-order valence-electron chi connectivity index (χ4n) is 1.98. The standard InChI is InChI=1S/C12H17NS/c1-8-3-4-10-7-14-9(2)6-12(13)11(10)5-8/h3-5,9,12H,6-7,13H2,1-2H3/t9?,12-/m1/s1. The summed E-state index contributed by atoms with van der Waals surface area (Å²) in [6, 6.07) is 6.89. The van der Waals surface area contributed by atoms with E-state index in [0.717, 1.165) is 12.2 Å². The van der Waals surface area contributed by atoms with Crippen LogP contribution >= 0.6 is 11.8 Å². The van der Waals surface area contributed by atoms with E-state index in [1.54, 1.807) is 0 Å². The Bertz CT molecular complexity index is 335. The third kappa shape index (κ3) is 1.96. The van der Waals surface area contributed by atoms with Gasteiger partial charge >= 0.3 is 0 Å². The third-order valence-electron chi connectivity index (χ3n) is 2.81. The summed E-state index contributed by atoms with van der Waals surface area (Å²) in [5, 5.41) is 0.678. The van der Waals surface area contributed by atoms with Crippen LogP contribution in [0.4, 0.5) is 0 Å². The zero-order valence-electron chi connectivity index (χ0n) is 8.79. The third-order valence-corrected chi connectivity index (χ3v) is 4.05. The molecule has 1 nitrogen and oxygen atoms in total. The molecule has 1 heterocycles. The van der Waals surface area contributed by atoms with Gasteiger partial charge in [-0.15, -0.1) is 0 Å². The molecule has 1 aromatic rings. The van der Waals surface area contributed by atoms with E-state index < -0.39 is 0 Å². The first-order chi connectivity index (χ1) is 6.66. The van der Waals surface area contributed by atoms with Crippen LogP contribution in [0.1, 0.15) is 36.1 Å². The smallest absolute Gasteiger partial charge is 0.0308 e. The summed E-state index contributed by atoms with van der Waals surface area (Å²) in [6.45, 7) is 4.40. The van der Waals surface area contributed by atoms with Crippen molar-refractivity contribution >= 4 is 11.8 Å². The first-order valence-electron chi connectivity index (χ1n) is 5.13. The maximum absolute atomic E-state index is 6.19. The zero-order chi connectivity index (χ0) is 10.1. The lowest BCUT2D eigenvalue weighted by Crippen LogP contribution is -2.14. The quantitative estimate of drug-likeness (QED) is 0.707. The van der Waals surface area contributed by atoms with Crippen LogP contribution in [0.15, 0.2) is 18.2 Å². The molecule has 0 amide bonds. The van der Waals surface area contributed by atoms with Gasteiger partial charge in [0.25, 0.3) is 0 Å². The molecule has 0 bridgehead atoms. The molecule has 0 fully saturated rings. The number of hydrogen-bond acceptors (Lipinski definition) is 2. The molecule has 0 aromatic heterocycles. The average Bonchev–Trinajstić information content (AvgIpc) is 2.27. The van der Waals surface area contributed by atoms with Gasteiger partial charge in [-0.25, -0.2) is 0 Å². The molecule has 0 saturated heterocycles. The van der Waals surface area contributed by atoms with Crippen molar-refractivity contribution in [1.29, 1.82) is 0 Å². The minimum Gasteiger partial charge on any atom is -0.324 e. The van der Waals surface area contributed by atoms with Crippen molar-refractivity contribution in [2.75, 3.05) is 0 Å². The Morgan fingerprint density at radius 2 is 2.21 bits per heavy atom. The molecular formula is C12H17NS. The van der Waals surface area contributed by atoms with Gasteiger partial charge in [0, 0.05) is 17.0 Å². The van der Waals surface area contributed by atoms with E-state index >= 15 is 0 Å². The van der Waals surface area contributed by atoms with Crippen LogP contribution in [0.5, 0.6) is 0 Å². The van der Waals surface area contributed by atoms with Gasteiger partial charge in [0.15, 0.2) is 0 Å². The Hall–Kier alpha value is -0.470. The van der Waals surface area contributed by atoms with Crippen LogP contribution < -0.4 is 5.73 Å². The van der Waals surface area contributed by atoms with E-state index in [-0.39, 0.29) is 6.04 Å². The molecule has 0 saturated carbocycles. The lowest BCUT2D eigenvalue weighted by molar-refractivity contribution is 0.650. The molecule has 2 atom stereocenters. The summed E-state index contributed by atoms with van der Waals surface area (Å²) in [5.74, 6) is 1.12.